The van der Waals surface area contributed by atoms with Crippen LogP contribution in [-0.2, 0) is 10.5 Å². The first-order valence-corrected chi connectivity index (χ1v) is 12.6. The second-order valence-electron chi connectivity index (χ2n) is 6.10. The fourth-order valence-electron chi connectivity index (χ4n) is 2.03. The number of benzene rings is 1. The molecule has 0 amide bonds. The average Bonchev–Trinajstić information content (AvgIpc) is 2.29. The van der Waals surface area contributed by atoms with Gasteiger partial charge in [0, 0.05) is 0 Å². The van der Waals surface area contributed by atoms with Crippen LogP contribution in [-0.4, -0.2) is 16.6 Å². The molecule has 0 aliphatic carbocycles. The summed E-state index contributed by atoms with van der Waals surface area (Å²) in [4.78, 5) is 0. The largest absolute Gasteiger partial charge is 0.452 e. The summed E-state index contributed by atoms with van der Waals surface area (Å²) in [6.45, 7) is 15.4. The van der Waals surface area contributed by atoms with Crippen molar-refractivity contribution in [3.8, 4) is 0 Å². The van der Waals surface area contributed by atoms with Crippen molar-refractivity contribution >= 4 is 16.6 Å². The summed E-state index contributed by atoms with van der Waals surface area (Å²) in [6, 6.07) is 10.7. The van der Waals surface area contributed by atoms with Crippen LogP contribution in [0.4, 0.5) is 0 Å². The van der Waals surface area contributed by atoms with Crippen molar-refractivity contribution in [2.45, 2.75) is 45.1 Å². The molecule has 0 aliphatic heterocycles. The molecular weight excluding hydrogens is 252 g/mol. The molecule has 0 N–H and O–H groups in total. The Bertz CT molecular complexity index is 385. The van der Waals surface area contributed by atoms with E-state index >= 15 is 0 Å². The normalized spacial score (nSPS) is 14.3. The van der Waals surface area contributed by atoms with Crippen molar-refractivity contribution in [1.82, 2.24) is 0 Å². The van der Waals surface area contributed by atoms with Crippen LogP contribution in [0.5, 0.6) is 0 Å². The highest BCUT2D eigenvalue weighted by Gasteiger charge is 2.35. The van der Waals surface area contributed by atoms with E-state index in [0.717, 1.165) is 6.42 Å². The predicted molar refractivity (Wildman–Crippen MR) is 85.8 cm³/mol. The lowest BCUT2D eigenvalue weighted by Crippen LogP contribution is -2.46. The van der Waals surface area contributed by atoms with Gasteiger partial charge < -0.3 is 4.12 Å². The zero-order valence-electron chi connectivity index (χ0n) is 12.4. The summed E-state index contributed by atoms with van der Waals surface area (Å²) in [5.74, 6) is 0. The number of hydrogen-bond donors (Lipinski definition) is 0. The highest BCUT2D eigenvalue weighted by Crippen LogP contribution is 2.29. The van der Waals surface area contributed by atoms with E-state index in [0.29, 0.717) is 5.54 Å². The summed E-state index contributed by atoms with van der Waals surface area (Å²) in [6.07, 6.45) is 1.11. The first-order chi connectivity index (χ1) is 8.27. The summed E-state index contributed by atoms with van der Waals surface area (Å²) < 4.78 is 6.47. The van der Waals surface area contributed by atoms with E-state index in [2.05, 4.69) is 70.0 Å². The lowest BCUT2D eigenvalue weighted by Gasteiger charge is -2.36. The molecule has 0 bridgehead atoms. The van der Waals surface area contributed by atoms with Crippen LogP contribution >= 0.6 is 0 Å². The molecule has 0 heterocycles. The second kappa shape index (κ2) is 6.00. The van der Waals surface area contributed by atoms with E-state index in [9.17, 15) is 0 Å². The van der Waals surface area contributed by atoms with Gasteiger partial charge in [0.1, 0.15) is 0 Å². The van der Waals surface area contributed by atoms with E-state index in [1.165, 1.54) is 5.56 Å². The van der Waals surface area contributed by atoms with Gasteiger partial charge in [0.25, 0.3) is 0 Å². The third-order valence-corrected chi connectivity index (χ3v) is 11.4. The fraction of sp³-hybridized carbons (Fsp3) is 0.467. The Kier molecular flexibility index (Phi) is 5.13. The molecule has 0 radical (unpaired) electrons. The maximum absolute atomic E-state index is 6.47. The van der Waals surface area contributed by atoms with E-state index in [4.69, 9.17) is 4.12 Å². The third kappa shape index (κ3) is 4.55. The van der Waals surface area contributed by atoms with Gasteiger partial charge in [0.2, 0.25) is 0 Å². The van der Waals surface area contributed by atoms with Gasteiger partial charge in [-0.3, -0.25) is 0 Å². The molecule has 0 saturated carbocycles. The van der Waals surface area contributed by atoms with Crippen LogP contribution in [0, 0.1) is 0 Å². The molecule has 0 aliphatic rings. The van der Waals surface area contributed by atoms with Gasteiger partial charge in [-0.25, -0.2) is 0 Å². The first kappa shape index (κ1) is 15.4. The molecule has 0 aromatic heterocycles. The monoisotopic (exact) mass is 278 g/mol. The second-order valence-corrected chi connectivity index (χ2v) is 14.7. The average molecular weight is 279 g/mol. The standard InChI is InChI=1S/C15H26OSi2/c1-7-17(3,4)16-18(5,6)14(2)13-15-11-9-8-10-12-15/h7-12,14H,1,13H2,2-6H3. The van der Waals surface area contributed by atoms with Gasteiger partial charge in [-0.2, -0.15) is 0 Å². The zero-order valence-corrected chi connectivity index (χ0v) is 14.4. The van der Waals surface area contributed by atoms with Crippen molar-refractivity contribution in [2.75, 3.05) is 0 Å². The molecule has 1 aromatic rings. The van der Waals surface area contributed by atoms with Crippen LogP contribution < -0.4 is 0 Å². The summed E-state index contributed by atoms with van der Waals surface area (Å²) in [7, 11) is -3.32. The molecule has 0 fully saturated rings. The predicted octanol–water partition coefficient (Wildman–Crippen LogP) is 4.77. The lowest BCUT2D eigenvalue weighted by atomic mass is 10.1. The van der Waals surface area contributed by atoms with Gasteiger partial charge in [-0.15, -0.1) is 6.58 Å². The van der Waals surface area contributed by atoms with Gasteiger partial charge in [-0.05, 0) is 43.7 Å². The minimum absolute atomic E-state index is 0.617. The van der Waals surface area contributed by atoms with E-state index in [1.54, 1.807) is 0 Å². The Morgan fingerprint density at radius 1 is 1.17 bits per heavy atom. The van der Waals surface area contributed by atoms with Crippen molar-refractivity contribution in [1.29, 1.82) is 0 Å². The molecule has 1 unspecified atom stereocenters. The molecule has 1 nitrogen and oxygen atoms in total. The molecule has 1 rings (SSSR count). The topological polar surface area (TPSA) is 9.23 Å². The van der Waals surface area contributed by atoms with Crippen LogP contribution in [0.1, 0.15) is 12.5 Å². The Morgan fingerprint density at radius 2 is 1.72 bits per heavy atom. The highest BCUT2D eigenvalue weighted by molar-refractivity contribution is 6.87. The van der Waals surface area contributed by atoms with Crippen LogP contribution in [0.3, 0.4) is 0 Å². The molecule has 1 aromatic carbocycles. The maximum Gasteiger partial charge on any atom is 0.197 e. The Balaban J connectivity index is 2.70. The van der Waals surface area contributed by atoms with E-state index in [1.807, 2.05) is 5.70 Å². The highest BCUT2D eigenvalue weighted by atomic mass is 28.4. The quantitative estimate of drug-likeness (QED) is 0.681. The smallest absolute Gasteiger partial charge is 0.197 e. The van der Waals surface area contributed by atoms with Crippen LogP contribution in [0.25, 0.3) is 0 Å². The minimum Gasteiger partial charge on any atom is -0.452 e. The molecule has 0 saturated heterocycles. The van der Waals surface area contributed by atoms with Crippen molar-refractivity contribution in [3.05, 3.63) is 48.2 Å². The summed E-state index contributed by atoms with van der Waals surface area (Å²) >= 11 is 0. The summed E-state index contributed by atoms with van der Waals surface area (Å²) in [5.41, 5.74) is 4.07. The molecule has 3 heteroatoms. The SMILES string of the molecule is C=C[Si](C)(C)O[Si](C)(C)C(C)Cc1ccccc1. The number of rotatable bonds is 6. The van der Waals surface area contributed by atoms with Gasteiger partial charge in [-0.1, -0.05) is 43.0 Å². The maximum atomic E-state index is 6.47. The van der Waals surface area contributed by atoms with Gasteiger partial charge in [0.15, 0.2) is 16.6 Å². The van der Waals surface area contributed by atoms with Crippen molar-refractivity contribution in [2.24, 2.45) is 0 Å². The van der Waals surface area contributed by atoms with Crippen molar-refractivity contribution < 1.29 is 4.12 Å². The Hall–Kier alpha value is -0.646. The summed E-state index contributed by atoms with van der Waals surface area (Å²) in [5, 5.41) is 0. The molecule has 18 heavy (non-hydrogen) atoms. The Labute approximate surface area is 114 Å². The van der Waals surface area contributed by atoms with Crippen molar-refractivity contribution in [3.63, 3.8) is 0 Å². The van der Waals surface area contributed by atoms with Crippen LogP contribution in [0.2, 0.25) is 31.7 Å². The molecule has 1 atom stereocenters. The number of hydrogen-bond acceptors (Lipinski definition) is 1. The van der Waals surface area contributed by atoms with Gasteiger partial charge >= 0.3 is 0 Å². The Morgan fingerprint density at radius 3 is 2.22 bits per heavy atom. The molecule has 0 spiro atoms. The molecule has 100 valence electrons. The van der Waals surface area contributed by atoms with E-state index in [-0.39, 0.29) is 0 Å². The minimum atomic E-state index is -1.67. The van der Waals surface area contributed by atoms with E-state index < -0.39 is 16.6 Å². The van der Waals surface area contributed by atoms with Crippen LogP contribution in [0.15, 0.2) is 42.6 Å². The molecular formula is C15H26OSi2. The third-order valence-electron chi connectivity index (χ3n) is 3.59. The van der Waals surface area contributed by atoms with Gasteiger partial charge in [0.05, 0.1) is 0 Å². The first-order valence-electron chi connectivity index (χ1n) is 6.64. The zero-order chi connectivity index (χ0) is 13.8. The fourth-order valence-corrected chi connectivity index (χ4v) is 9.32. The lowest BCUT2D eigenvalue weighted by molar-refractivity contribution is 0.531.